The molecule has 1 aromatic heterocycles. The largest absolute Gasteiger partial charge is 0.480 e. The number of carboxylic acids is 1. The molecular weight excluding hydrogens is 266 g/mol. The molecule has 2 amide bonds. The first-order valence-electron chi connectivity index (χ1n) is 6.12. The molecule has 2 atom stereocenters. The highest BCUT2D eigenvalue weighted by Crippen LogP contribution is 2.25. The molecule has 1 aromatic rings. The second-order valence-electron chi connectivity index (χ2n) is 4.86. The van der Waals surface area contributed by atoms with Crippen molar-refractivity contribution in [1.29, 1.82) is 0 Å². The lowest BCUT2D eigenvalue weighted by molar-refractivity contribution is -0.142. The molecule has 2 rings (SSSR count). The van der Waals surface area contributed by atoms with Gasteiger partial charge in [0.25, 0.3) is 0 Å². The molecule has 19 heavy (non-hydrogen) atoms. The van der Waals surface area contributed by atoms with Crippen LogP contribution in [0.2, 0.25) is 0 Å². The molecule has 1 aliphatic rings. The molecule has 0 aromatic carbocycles. The highest BCUT2D eigenvalue weighted by atomic mass is 32.1. The molecule has 1 N–H and O–H groups in total. The third-order valence-corrected chi connectivity index (χ3v) is 4.04. The number of aromatic nitrogens is 1. The number of aliphatic carboxylic acids is 1. The van der Waals surface area contributed by atoms with E-state index in [-0.39, 0.29) is 11.9 Å². The van der Waals surface area contributed by atoms with E-state index in [0.29, 0.717) is 13.1 Å². The van der Waals surface area contributed by atoms with E-state index in [0.717, 1.165) is 12.1 Å². The van der Waals surface area contributed by atoms with Gasteiger partial charge in [0.1, 0.15) is 6.04 Å². The third-order valence-electron chi connectivity index (χ3n) is 3.41. The van der Waals surface area contributed by atoms with Crippen LogP contribution in [0.4, 0.5) is 4.79 Å². The number of hydrogen-bond donors (Lipinski definition) is 1. The molecule has 6 nitrogen and oxygen atoms in total. The number of amides is 2. The summed E-state index contributed by atoms with van der Waals surface area (Å²) in [5, 5.41) is 11.1. The molecule has 7 heteroatoms. The molecule has 0 spiro atoms. The van der Waals surface area contributed by atoms with Gasteiger partial charge in [-0.25, -0.2) is 14.6 Å². The van der Waals surface area contributed by atoms with Gasteiger partial charge in [-0.2, -0.15) is 0 Å². The van der Waals surface area contributed by atoms with Gasteiger partial charge in [-0.1, -0.05) is 6.92 Å². The van der Waals surface area contributed by atoms with Gasteiger partial charge >= 0.3 is 12.0 Å². The Hall–Kier alpha value is -1.63. The van der Waals surface area contributed by atoms with Crippen LogP contribution in [0, 0.1) is 5.92 Å². The molecule has 2 unspecified atom stereocenters. The molecule has 1 fully saturated rings. The standard InChI is InChI=1S/C12H17N3O3S/c1-8-3-4-15(10(8)11(16)17)12(18)14(2)5-9-6-19-7-13-9/h6-8,10H,3-5H2,1-2H3,(H,16,17). The number of carbonyl (C=O) groups is 2. The number of likely N-dealkylation sites (tertiary alicyclic amines) is 1. The average molecular weight is 283 g/mol. The van der Waals surface area contributed by atoms with Crippen molar-refractivity contribution in [3.63, 3.8) is 0 Å². The van der Waals surface area contributed by atoms with Crippen LogP contribution in [0.3, 0.4) is 0 Å². The lowest BCUT2D eigenvalue weighted by Crippen LogP contribution is -2.47. The average Bonchev–Trinajstić information content (AvgIpc) is 2.97. The number of carbonyl (C=O) groups excluding carboxylic acids is 1. The maximum absolute atomic E-state index is 12.3. The zero-order chi connectivity index (χ0) is 14.0. The summed E-state index contributed by atoms with van der Waals surface area (Å²) in [7, 11) is 1.67. The van der Waals surface area contributed by atoms with E-state index in [4.69, 9.17) is 0 Å². The SMILES string of the molecule is CC1CCN(C(=O)N(C)Cc2cscn2)C1C(=O)O. The van der Waals surface area contributed by atoms with E-state index in [1.807, 2.05) is 12.3 Å². The topological polar surface area (TPSA) is 73.7 Å². The van der Waals surface area contributed by atoms with Crippen molar-refractivity contribution >= 4 is 23.3 Å². The summed E-state index contributed by atoms with van der Waals surface area (Å²) in [4.78, 5) is 30.6. The zero-order valence-corrected chi connectivity index (χ0v) is 11.8. The summed E-state index contributed by atoms with van der Waals surface area (Å²) in [5.74, 6) is -0.936. The van der Waals surface area contributed by atoms with Gasteiger partial charge in [-0.05, 0) is 12.3 Å². The molecule has 0 aliphatic carbocycles. The van der Waals surface area contributed by atoms with Gasteiger partial charge in [-0.15, -0.1) is 11.3 Å². The van der Waals surface area contributed by atoms with Crippen LogP contribution in [-0.2, 0) is 11.3 Å². The molecule has 0 radical (unpaired) electrons. The first-order chi connectivity index (χ1) is 9.00. The highest BCUT2D eigenvalue weighted by molar-refractivity contribution is 7.07. The molecule has 0 bridgehead atoms. The first kappa shape index (κ1) is 13.8. The monoisotopic (exact) mass is 283 g/mol. The Morgan fingerprint density at radius 3 is 2.95 bits per heavy atom. The number of nitrogens with zero attached hydrogens (tertiary/aromatic N) is 3. The fourth-order valence-electron chi connectivity index (χ4n) is 2.38. The summed E-state index contributed by atoms with van der Waals surface area (Å²) in [6.45, 7) is 2.77. The summed E-state index contributed by atoms with van der Waals surface area (Å²) in [6, 6.07) is -0.963. The van der Waals surface area contributed by atoms with E-state index in [1.54, 1.807) is 12.6 Å². The molecular formula is C12H17N3O3S. The Bertz CT molecular complexity index is 463. The third kappa shape index (κ3) is 2.86. The van der Waals surface area contributed by atoms with Gasteiger partial charge in [0.15, 0.2) is 0 Å². The van der Waals surface area contributed by atoms with Crippen molar-refractivity contribution in [2.75, 3.05) is 13.6 Å². The predicted octanol–water partition coefficient (Wildman–Crippen LogP) is 1.49. The van der Waals surface area contributed by atoms with Gasteiger partial charge in [-0.3, -0.25) is 0 Å². The lowest BCUT2D eigenvalue weighted by atomic mass is 10.0. The molecule has 104 valence electrons. The summed E-state index contributed by atoms with van der Waals surface area (Å²) >= 11 is 1.47. The quantitative estimate of drug-likeness (QED) is 0.912. The maximum Gasteiger partial charge on any atom is 0.326 e. The van der Waals surface area contributed by atoms with Crippen LogP contribution >= 0.6 is 11.3 Å². The van der Waals surface area contributed by atoms with E-state index in [2.05, 4.69) is 4.98 Å². The van der Waals surface area contributed by atoms with Crippen molar-refractivity contribution < 1.29 is 14.7 Å². The normalized spacial score (nSPS) is 22.5. The second kappa shape index (κ2) is 5.56. The van der Waals surface area contributed by atoms with Gasteiger partial charge in [0.05, 0.1) is 17.7 Å². The Morgan fingerprint density at radius 2 is 2.37 bits per heavy atom. The highest BCUT2D eigenvalue weighted by Gasteiger charge is 2.40. The van der Waals surface area contributed by atoms with Crippen LogP contribution in [0.5, 0.6) is 0 Å². The Labute approximate surface area is 115 Å². The summed E-state index contributed by atoms with van der Waals surface area (Å²) < 4.78 is 0. The number of carboxylic acid groups (broad SMARTS) is 1. The van der Waals surface area contributed by atoms with E-state index < -0.39 is 12.0 Å². The van der Waals surface area contributed by atoms with Crippen molar-refractivity contribution in [2.24, 2.45) is 5.92 Å². The maximum atomic E-state index is 12.3. The molecule has 1 saturated heterocycles. The fraction of sp³-hybridized carbons (Fsp3) is 0.583. The van der Waals surface area contributed by atoms with Crippen LogP contribution < -0.4 is 0 Å². The number of rotatable bonds is 3. The number of hydrogen-bond acceptors (Lipinski definition) is 4. The van der Waals surface area contributed by atoms with Gasteiger partial charge in [0, 0.05) is 19.0 Å². The van der Waals surface area contributed by atoms with Crippen molar-refractivity contribution in [2.45, 2.75) is 25.9 Å². The number of thiazole rings is 1. The van der Waals surface area contributed by atoms with Gasteiger partial charge < -0.3 is 14.9 Å². The minimum Gasteiger partial charge on any atom is -0.480 e. The second-order valence-corrected chi connectivity index (χ2v) is 5.58. The van der Waals surface area contributed by atoms with Crippen molar-refractivity contribution in [3.8, 4) is 0 Å². The minimum atomic E-state index is -0.930. The Morgan fingerprint density at radius 1 is 1.63 bits per heavy atom. The molecule has 1 aliphatic heterocycles. The lowest BCUT2D eigenvalue weighted by Gasteiger charge is -2.28. The van der Waals surface area contributed by atoms with Crippen LogP contribution in [0.15, 0.2) is 10.9 Å². The fourth-order valence-corrected chi connectivity index (χ4v) is 2.93. The Kier molecular flexibility index (Phi) is 4.04. The predicted molar refractivity (Wildman–Crippen MR) is 70.9 cm³/mol. The smallest absolute Gasteiger partial charge is 0.326 e. The molecule has 2 heterocycles. The van der Waals surface area contributed by atoms with Crippen LogP contribution in [0.25, 0.3) is 0 Å². The van der Waals surface area contributed by atoms with Crippen molar-refractivity contribution in [1.82, 2.24) is 14.8 Å². The van der Waals surface area contributed by atoms with Crippen molar-refractivity contribution in [3.05, 3.63) is 16.6 Å². The Balaban J connectivity index is 2.04. The van der Waals surface area contributed by atoms with E-state index in [9.17, 15) is 14.7 Å². The first-order valence-corrected chi connectivity index (χ1v) is 7.06. The van der Waals surface area contributed by atoms with Gasteiger partial charge in [0.2, 0.25) is 0 Å². The summed E-state index contributed by atoms with van der Waals surface area (Å²) in [5.41, 5.74) is 2.53. The van der Waals surface area contributed by atoms with E-state index in [1.165, 1.54) is 21.1 Å². The zero-order valence-electron chi connectivity index (χ0n) is 10.9. The van der Waals surface area contributed by atoms with Crippen LogP contribution in [0.1, 0.15) is 19.0 Å². The molecule has 0 saturated carbocycles. The van der Waals surface area contributed by atoms with E-state index >= 15 is 0 Å². The summed E-state index contributed by atoms with van der Waals surface area (Å²) in [6.07, 6.45) is 0.729. The minimum absolute atomic E-state index is 0.00544. The number of urea groups is 1. The van der Waals surface area contributed by atoms with Crippen LogP contribution in [-0.4, -0.2) is 51.5 Å².